The largest absolute Gasteiger partial charge is 0.508 e. The summed E-state index contributed by atoms with van der Waals surface area (Å²) in [5, 5.41) is 13.4. The summed E-state index contributed by atoms with van der Waals surface area (Å²) in [7, 11) is 0. The summed E-state index contributed by atoms with van der Waals surface area (Å²) in [6, 6.07) is 5.90. The summed E-state index contributed by atoms with van der Waals surface area (Å²) in [5.74, 6) is 0.954. The second-order valence-corrected chi connectivity index (χ2v) is 5.32. The van der Waals surface area contributed by atoms with Crippen LogP contribution < -0.4 is 5.32 Å². The van der Waals surface area contributed by atoms with E-state index in [9.17, 15) is 5.11 Å². The Morgan fingerprint density at radius 2 is 2.28 bits per heavy atom. The highest BCUT2D eigenvalue weighted by Gasteiger charge is 2.24. The van der Waals surface area contributed by atoms with Gasteiger partial charge >= 0.3 is 0 Å². The number of hydrogen-bond donors (Lipinski definition) is 2. The Morgan fingerprint density at radius 3 is 2.94 bits per heavy atom. The molecular weight excluding hydrogens is 226 g/mol. The molecule has 3 unspecified atom stereocenters. The number of phenolic OH excluding ortho intramolecular Hbond substituents is 1. The van der Waals surface area contributed by atoms with Crippen molar-refractivity contribution >= 4 is 0 Å². The molecule has 3 heteroatoms. The molecule has 1 aliphatic rings. The van der Waals surface area contributed by atoms with Crippen molar-refractivity contribution in [3.05, 3.63) is 29.3 Å². The molecule has 0 aromatic heterocycles. The smallest absolute Gasteiger partial charge is 0.120 e. The van der Waals surface area contributed by atoms with Crippen molar-refractivity contribution in [2.45, 2.75) is 39.3 Å². The number of ether oxygens (including phenoxy) is 1. The molecule has 100 valence electrons. The summed E-state index contributed by atoms with van der Waals surface area (Å²) in [5.41, 5.74) is 2.15. The van der Waals surface area contributed by atoms with E-state index in [4.69, 9.17) is 4.74 Å². The molecule has 0 spiro atoms. The molecule has 1 aliphatic heterocycles. The van der Waals surface area contributed by atoms with E-state index in [1.165, 1.54) is 5.56 Å². The first-order valence-electron chi connectivity index (χ1n) is 6.72. The molecule has 18 heavy (non-hydrogen) atoms. The van der Waals surface area contributed by atoms with Gasteiger partial charge in [-0.3, -0.25) is 0 Å². The lowest BCUT2D eigenvalue weighted by atomic mass is 10.0. The fraction of sp³-hybridized carbons (Fsp3) is 0.600. The van der Waals surface area contributed by atoms with Gasteiger partial charge in [-0.2, -0.15) is 0 Å². The molecule has 1 aromatic carbocycles. The Bertz CT molecular complexity index is 405. The van der Waals surface area contributed by atoms with Crippen LogP contribution in [0, 0.1) is 12.8 Å². The zero-order valence-corrected chi connectivity index (χ0v) is 11.4. The molecule has 0 saturated carbocycles. The molecule has 3 atom stereocenters. The molecule has 2 rings (SSSR count). The van der Waals surface area contributed by atoms with Crippen LogP contribution in [0.2, 0.25) is 0 Å². The van der Waals surface area contributed by atoms with Crippen molar-refractivity contribution in [1.29, 1.82) is 0 Å². The van der Waals surface area contributed by atoms with E-state index in [0.717, 1.165) is 25.1 Å². The molecule has 2 N–H and O–H groups in total. The number of phenols is 1. The van der Waals surface area contributed by atoms with Crippen LogP contribution in [0.1, 0.15) is 37.4 Å². The van der Waals surface area contributed by atoms with Crippen LogP contribution in [-0.4, -0.2) is 24.4 Å². The summed E-state index contributed by atoms with van der Waals surface area (Å²) in [6.07, 6.45) is 1.47. The van der Waals surface area contributed by atoms with Gasteiger partial charge in [-0.05, 0) is 39.2 Å². The molecule has 0 amide bonds. The predicted octanol–water partition coefficient (Wildman–Crippen LogP) is 2.78. The third-order valence-corrected chi connectivity index (χ3v) is 3.87. The standard InChI is InChI=1S/C15H23NO2/c1-10-4-5-15(17)14(8-10)11(2)16-9-13-6-7-18-12(13)3/h4-5,8,11-13,16-17H,6-7,9H2,1-3H3. The van der Waals surface area contributed by atoms with Crippen molar-refractivity contribution in [3.63, 3.8) is 0 Å². The number of aryl methyl sites for hydroxylation is 1. The second-order valence-electron chi connectivity index (χ2n) is 5.32. The molecule has 0 aliphatic carbocycles. The van der Waals surface area contributed by atoms with E-state index in [0.29, 0.717) is 17.8 Å². The van der Waals surface area contributed by atoms with Gasteiger partial charge in [-0.1, -0.05) is 17.7 Å². The molecule has 1 saturated heterocycles. The van der Waals surface area contributed by atoms with Gasteiger partial charge in [0.2, 0.25) is 0 Å². The van der Waals surface area contributed by atoms with E-state index < -0.39 is 0 Å². The highest BCUT2D eigenvalue weighted by molar-refractivity contribution is 5.37. The summed E-state index contributed by atoms with van der Waals surface area (Å²) in [4.78, 5) is 0. The Kier molecular flexibility index (Phi) is 4.25. The molecule has 3 nitrogen and oxygen atoms in total. The first-order chi connectivity index (χ1) is 8.58. The van der Waals surface area contributed by atoms with Gasteiger partial charge < -0.3 is 15.2 Å². The van der Waals surface area contributed by atoms with Crippen molar-refractivity contribution < 1.29 is 9.84 Å². The monoisotopic (exact) mass is 249 g/mol. The Morgan fingerprint density at radius 1 is 1.50 bits per heavy atom. The SMILES string of the molecule is Cc1ccc(O)c(C(C)NCC2CCOC2C)c1. The van der Waals surface area contributed by atoms with Gasteiger partial charge in [0.1, 0.15) is 5.75 Å². The van der Waals surface area contributed by atoms with Crippen LogP contribution in [0.5, 0.6) is 5.75 Å². The average molecular weight is 249 g/mol. The van der Waals surface area contributed by atoms with Crippen molar-refractivity contribution in [1.82, 2.24) is 5.32 Å². The third kappa shape index (κ3) is 3.03. The fourth-order valence-electron chi connectivity index (χ4n) is 2.50. The summed E-state index contributed by atoms with van der Waals surface area (Å²) < 4.78 is 5.56. The molecule has 0 bridgehead atoms. The summed E-state index contributed by atoms with van der Waals surface area (Å²) in [6.45, 7) is 8.08. The molecule has 1 aromatic rings. The highest BCUT2D eigenvalue weighted by atomic mass is 16.5. The van der Waals surface area contributed by atoms with Gasteiger partial charge in [0.15, 0.2) is 0 Å². The van der Waals surface area contributed by atoms with Gasteiger partial charge in [-0.25, -0.2) is 0 Å². The van der Waals surface area contributed by atoms with Gasteiger partial charge in [-0.15, -0.1) is 0 Å². The number of nitrogens with one attached hydrogen (secondary N) is 1. The van der Waals surface area contributed by atoms with Crippen molar-refractivity contribution in [2.24, 2.45) is 5.92 Å². The minimum atomic E-state index is 0.165. The van der Waals surface area contributed by atoms with Crippen LogP contribution in [0.3, 0.4) is 0 Å². The van der Waals surface area contributed by atoms with E-state index >= 15 is 0 Å². The van der Waals surface area contributed by atoms with E-state index in [-0.39, 0.29) is 6.04 Å². The predicted molar refractivity (Wildman–Crippen MR) is 72.8 cm³/mol. The number of aromatic hydroxyl groups is 1. The number of benzene rings is 1. The van der Waals surface area contributed by atoms with Gasteiger partial charge in [0.25, 0.3) is 0 Å². The maximum atomic E-state index is 9.88. The lowest BCUT2D eigenvalue weighted by Gasteiger charge is -2.20. The van der Waals surface area contributed by atoms with Crippen molar-refractivity contribution in [3.8, 4) is 5.75 Å². The van der Waals surface area contributed by atoms with E-state index in [2.05, 4.69) is 19.2 Å². The zero-order valence-electron chi connectivity index (χ0n) is 11.4. The number of hydrogen-bond acceptors (Lipinski definition) is 3. The average Bonchev–Trinajstić information content (AvgIpc) is 2.75. The maximum Gasteiger partial charge on any atom is 0.120 e. The normalized spacial score (nSPS) is 25.3. The number of rotatable bonds is 4. The van der Waals surface area contributed by atoms with E-state index in [1.807, 2.05) is 19.1 Å². The van der Waals surface area contributed by atoms with Crippen LogP contribution >= 0.6 is 0 Å². The van der Waals surface area contributed by atoms with Crippen LogP contribution in [0.4, 0.5) is 0 Å². The van der Waals surface area contributed by atoms with Crippen LogP contribution in [-0.2, 0) is 4.74 Å². The fourth-order valence-corrected chi connectivity index (χ4v) is 2.50. The zero-order chi connectivity index (χ0) is 13.1. The minimum Gasteiger partial charge on any atom is -0.508 e. The highest BCUT2D eigenvalue weighted by Crippen LogP contribution is 2.26. The molecule has 0 radical (unpaired) electrons. The molecule has 1 fully saturated rings. The van der Waals surface area contributed by atoms with Crippen LogP contribution in [0.15, 0.2) is 18.2 Å². The first kappa shape index (κ1) is 13.4. The van der Waals surface area contributed by atoms with E-state index in [1.54, 1.807) is 6.07 Å². The Hall–Kier alpha value is -1.06. The minimum absolute atomic E-state index is 0.165. The molecule has 1 heterocycles. The van der Waals surface area contributed by atoms with Crippen LogP contribution in [0.25, 0.3) is 0 Å². The molecular formula is C15H23NO2. The Labute approximate surface area is 109 Å². The van der Waals surface area contributed by atoms with Crippen molar-refractivity contribution in [2.75, 3.05) is 13.2 Å². The quantitative estimate of drug-likeness (QED) is 0.862. The van der Waals surface area contributed by atoms with Gasteiger partial charge in [0, 0.05) is 24.8 Å². The summed E-state index contributed by atoms with van der Waals surface area (Å²) >= 11 is 0. The van der Waals surface area contributed by atoms with Gasteiger partial charge in [0.05, 0.1) is 6.10 Å². The Balaban J connectivity index is 1.94. The topological polar surface area (TPSA) is 41.5 Å². The first-order valence-corrected chi connectivity index (χ1v) is 6.72. The lowest BCUT2D eigenvalue weighted by molar-refractivity contribution is 0.105. The second kappa shape index (κ2) is 5.72. The third-order valence-electron chi connectivity index (χ3n) is 3.87. The lowest BCUT2D eigenvalue weighted by Crippen LogP contribution is -2.29. The maximum absolute atomic E-state index is 9.88.